The fourth-order valence-electron chi connectivity index (χ4n) is 10.2. The molecule has 3 nitrogen and oxygen atoms in total. The molecule has 0 aliphatic rings. The molecule has 0 saturated heterocycles. The summed E-state index contributed by atoms with van der Waals surface area (Å²) in [6, 6.07) is 87.6. The monoisotopic (exact) mass is 828 g/mol. The minimum atomic E-state index is 0.902. The average Bonchev–Trinajstić information content (AvgIpc) is 3.93. The van der Waals surface area contributed by atoms with Crippen LogP contribution in [0.15, 0.2) is 247 Å². The predicted octanol–water partition coefficient (Wildman–Crippen LogP) is 17.5. The number of rotatable bonds is 7. The number of para-hydroxylation sites is 5. The molecule has 0 saturated carbocycles. The summed E-state index contributed by atoms with van der Waals surface area (Å²) in [6.07, 6.45) is 0. The third-order valence-electron chi connectivity index (χ3n) is 13.2. The van der Waals surface area contributed by atoms with Gasteiger partial charge in [-0.05, 0) is 111 Å². The molecule has 2 aromatic heterocycles. The maximum absolute atomic E-state index is 6.46. The van der Waals surface area contributed by atoms with E-state index in [1.54, 1.807) is 0 Å². The van der Waals surface area contributed by atoms with E-state index in [0.29, 0.717) is 0 Å². The highest BCUT2D eigenvalue weighted by molar-refractivity contribution is 6.14. The summed E-state index contributed by atoms with van der Waals surface area (Å²) < 4.78 is 8.87. The van der Waals surface area contributed by atoms with Crippen LogP contribution in [0, 0.1) is 0 Å². The van der Waals surface area contributed by atoms with Crippen LogP contribution in [0.4, 0.5) is 17.1 Å². The molecule has 13 aromatic rings. The van der Waals surface area contributed by atoms with Crippen molar-refractivity contribution >= 4 is 82.4 Å². The van der Waals surface area contributed by atoms with Crippen LogP contribution in [0.25, 0.3) is 104 Å². The zero-order valence-electron chi connectivity index (χ0n) is 35.4. The zero-order valence-corrected chi connectivity index (χ0v) is 35.4. The van der Waals surface area contributed by atoms with E-state index in [2.05, 4.69) is 240 Å². The standard InChI is InChI=1S/C62H40N2O/c1-2-15-48-44(14-1)40-57(52-18-4-3-17-51(48)52)43-32-38-47(39-33-43)63(46-36-30-42(31-37-46)50-22-13-23-56-55-21-8-12-27-61(55)65-62(50)56)45-34-28-41(29-35-45)49-16-5-9-24-58(49)64-59-25-10-6-19-53(59)54-20-7-11-26-60(54)64/h1-40H. The molecule has 0 aliphatic heterocycles. The fourth-order valence-corrected chi connectivity index (χ4v) is 10.2. The second kappa shape index (κ2) is 15.0. The lowest BCUT2D eigenvalue weighted by Gasteiger charge is -2.26. The molecule has 0 radical (unpaired) electrons. The molecule has 0 atom stereocenters. The molecule has 65 heavy (non-hydrogen) atoms. The van der Waals surface area contributed by atoms with E-state index in [1.807, 2.05) is 12.1 Å². The van der Waals surface area contributed by atoms with E-state index in [0.717, 1.165) is 61.4 Å². The van der Waals surface area contributed by atoms with Gasteiger partial charge in [0.2, 0.25) is 0 Å². The van der Waals surface area contributed by atoms with Crippen molar-refractivity contribution in [3.8, 4) is 39.1 Å². The first-order chi connectivity index (χ1) is 32.2. The fraction of sp³-hybridized carbons (Fsp3) is 0. The molecule has 304 valence electrons. The van der Waals surface area contributed by atoms with Gasteiger partial charge in [0.05, 0.1) is 16.7 Å². The van der Waals surface area contributed by atoms with Crippen molar-refractivity contribution in [3.05, 3.63) is 243 Å². The van der Waals surface area contributed by atoms with Gasteiger partial charge in [-0.3, -0.25) is 0 Å². The topological polar surface area (TPSA) is 21.3 Å². The van der Waals surface area contributed by atoms with Crippen LogP contribution >= 0.6 is 0 Å². The number of anilines is 3. The van der Waals surface area contributed by atoms with Gasteiger partial charge in [-0.15, -0.1) is 0 Å². The minimum absolute atomic E-state index is 0.902. The Hall–Kier alpha value is -8.66. The molecule has 2 heterocycles. The van der Waals surface area contributed by atoms with Crippen LogP contribution in [-0.4, -0.2) is 4.57 Å². The highest BCUT2D eigenvalue weighted by Gasteiger charge is 2.19. The van der Waals surface area contributed by atoms with Crippen LogP contribution in [0.1, 0.15) is 0 Å². The molecule has 13 rings (SSSR count). The molecule has 0 N–H and O–H groups in total. The third-order valence-corrected chi connectivity index (χ3v) is 13.2. The number of hydrogen-bond donors (Lipinski definition) is 0. The SMILES string of the molecule is c1ccc(-n2c3ccccc3c3ccccc32)c(-c2ccc(N(c3ccc(-c4cc5ccccc5c5ccccc45)cc3)c3ccc(-c4cccc5c4oc4ccccc45)cc3)cc2)c1. The molecular formula is C62H40N2O. The first kappa shape index (κ1) is 36.9. The van der Waals surface area contributed by atoms with Gasteiger partial charge in [-0.1, -0.05) is 176 Å². The predicted molar refractivity (Wildman–Crippen MR) is 274 cm³/mol. The van der Waals surface area contributed by atoms with E-state index < -0.39 is 0 Å². The summed E-state index contributed by atoms with van der Waals surface area (Å²) in [6.45, 7) is 0. The van der Waals surface area contributed by atoms with Crippen molar-refractivity contribution < 1.29 is 4.42 Å². The summed E-state index contributed by atoms with van der Waals surface area (Å²) in [5.74, 6) is 0. The molecule has 0 amide bonds. The van der Waals surface area contributed by atoms with Gasteiger partial charge in [0, 0.05) is 49.7 Å². The number of nitrogens with zero attached hydrogens (tertiary/aromatic N) is 2. The first-order valence-electron chi connectivity index (χ1n) is 22.2. The van der Waals surface area contributed by atoms with E-state index in [4.69, 9.17) is 4.42 Å². The smallest absolute Gasteiger partial charge is 0.143 e. The molecule has 11 aromatic carbocycles. The van der Waals surface area contributed by atoms with E-state index in [-0.39, 0.29) is 0 Å². The third kappa shape index (κ3) is 6.05. The number of furan rings is 1. The number of benzene rings is 11. The summed E-state index contributed by atoms with van der Waals surface area (Å²) in [4.78, 5) is 2.36. The quantitative estimate of drug-likeness (QED) is 0.149. The average molecular weight is 829 g/mol. The Kier molecular flexibility index (Phi) is 8.53. The van der Waals surface area contributed by atoms with Gasteiger partial charge >= 0.3 is 0 Å². The maximum atomic E-state index is 6.46. The minimum Gasteiger partial charge on any atom is -0.455 e. The molecule has 0 unspecified atom stereocenters. The van der Waals surface area contributed by atoms with Gasteiger partial charge in [0.15, 0.2) is 0 Å². The molecule has 0 aliphatic carbocycles. The summed E-state index contributed by atoms with van der Waals surface area (Å²) >= 11 is 0. The number of fused-ring (bicyclic) bond motifs is 9. The van der Waals surface area contributed by atoms with Crippen molar-refractivity contribution in [2.24, 2.45) is 0 Å². The molecule has 0 bridgehead atoms. The lowest BCUT2D eigenvalue weighted by atomic mass is 9.93. The molecule has 3 heteroatoms. The molecular weight excluding hydrogens is 789 g/mol. The van der Waals surface area contributed by atoms with Gasteiger partial charge < -0.3 is 13.9 Å². The van der Waals surface area contributed by atoms with Gasteiger partial charge in [-0.25, -0.2) is 0 Å². The summed E-state index contributed by atoms with van der Waals surface area (Å²) in [5.41, 5.74) is 15.5. The number of hydrogen-bond acceptors (Lipinski definition) is 2. The second-order valence-electron chi connectivity index (χ2n) is 16.8. The van der Waals surface area contributed by atoms with E-state index in [9.17, 15) is 0 Å². The van der Waals surface area contributed by atoms with Gasteiger partial charge in [-0.2, -0.15) is 0 Å². The van der Waals surface area contributed by atoms with Crippen LogP contribution in [-0.2, 0) is 0 Å². The van der Waals surface area contributed by atoms with Crippen LogP contribution in [0.5, 0.6) is 0 Å². The Morgan fingerprint density at radius 2 is 0.769 bits per heavy atom. The van der Waals surface area contributed by atoms with Crippen molar-refractivity contribution in [2.45, 2.75) is 0 Å². The summed E-state index contributed by atoms with van der Waals surface area (Å²) in [5, 5.41) is 9.80. The Bertz CT molecular complexity index is 3880. The second-order valence-corrected chi connectivity index (χ2v) is 16.8. The van der Waals surface area contributed by atoms with E-state index in [1.165, 1.54) is 60.0 Å². The van der Waals surface area contributed by atoms with Crippen molar-refractivity contribution in [3.63, 3.8) is 0 Å². The maximum Gasteiger partial charge on any atom is 0.143 e. The Morgan fingerprint density at radius 3 is 1.43 bits per heavy atom. The Morgan fingerprint density at radius 1 is 0.308 bits per heavy atom. The highest BCUT2D eigenvalue weighted by Crippen LogP contribution is 2.42. The van der Waals surface area contributed by atoms with Crippen LogP contribution in [0.2, 0.25) is 0 Å². The van der Waals surface area contributed by atoms with Gasteiger partial charge in [0.1, 0.15) is 11.2 Å². The van der Waals surface area contributed by atoms with E-state index >= 15 is 0 Å². The van der Waals surface area contributed by atoms with Crippen LogP contribution < -0.4 is 4.90 Å². The highest BCUT2D eigenvalue weighted by atomic mass is 16.3. The van der Waals surface area contributed by atoms with Crippen molar-refractivity contribution in [1.29, 1.82) is 0 Å². The van der Waals surface area contributed by atoms with Crippen molar-refractivity contribution in [1.82, 2.24) is 4.57 Å². The lowest BCUT2D eigenvalue weighted by Crippen LogP contribution is -2.10. The largest absolute Gasteiger partial charge is 0.455 e. The lowest BCUT2D eigenvalue weighted by molar-refractivity contribution is 0.670. The number of aromatic nitrogens is 1. The van der Waals surface area contributed by atoms with Crippen molar-refractivity contribution in [2.75, 3.05) is 4.90 Å². The molecule has 0 fully saturated rings. The van der Waals surface area contributed by atoms with Gasteiger partial charge in [0.25, 0.3) is 0 Å². The Balaban J connectivity index is 0.925. The zero-order chi connectivity index (χ0) is 42.8. The normalized spacial score (nSPS) is 11.7. The van der Waals surface area contributed by atoms with Crippen LogP contribution in [0.3, 0.4) is 0 Å². The Labute approximate surface area is 376 Å². The first-order valence-corrected chi connectivity index (χ1v) is 22.2. The molecule has 0 spiro atoms. The summed E-state index contributed by atoms with van der Waals surface area (Å²) in [7, 11) is 0.